The van der Waals surface area contributed by atoms with Gasteiger partial charge in [-0.3, -0.25) is 9.59 Å². The average molecular weight is 466 g/mol. The summed E-state index contributed by atoms with van der Waals surface area (Å²) in [7, 11) is -3.55. The third-order valence-electron chi connectivity index (χ3n) is 6.32. The molecule has 2 aliphatic heterocycles. The summed E-state index contributed by atoms with van der Waals surface area (Å²) in [6.45, 7) is 7.50. The summed E-state index contributed by atoms with van der Waals surface area (Å²) in [6, 6.07) is 6.35. The highest BCUT2D eigenvalue weighted by molar-refractivity contribution is 7.89. The molecule has 0 bridgehead atoms. The lowest BCUT2D eigenvalue weighted by Crippen LogP contribution is -2.38. The van der Waals surface area contributed by atoms with Crippen LogP contribution < -0.4 is 10.2 Å². The zero-order valence-electron chi connectivity index (χ0n) is 19.2. The summed E-state index contributed by atoms with van der Waals surface area (Å²) >= 11 is 0. The van der Waals surface area contributed by atoms with Gasteiger partial charge in [0.2, 0.25) is 21.8 Å². The van der Waals surface area contributed by atoms with Crippen LogP contribution in [0.3, 0.4) is 0 Å². The lowest BCUT2D eigenvalue weighted by Gasteiger charge is -2.21. The first-order valence-corrected chi connectivity index (χ1v) is 13.0. The number of carbonyl (C=O) groups excluding carboxylic acids is 2. The van der Waals surface area contributed by atoms with Gasteiger partial charge >= 0.3 is 0 Å². The Labute approximate surface area is 191 Å². The molecule has 178 valence electrons. The molecule has 2 amide bonds. The molecule has 2 fully saturated rings. The fraction of sp³-hybridized carbons (Fsp3) is 0.652. The number of nitrogens with one attached hydrogen (secondary N) is 1. The van der Waals surface area contributed by atoms with Crippen molar-refractivity contribution >= 4 is 27.5 Å². The maximum Gasteiger partial charge on any atom is 0.243 e. The number of sulfonamides is 1. The standard InChI is InChI=1S/C23H35N3O5S/c1-4-25(5-2)32(29,30)21-12-9-19(10-13-21)26-16-18(15-22(26)27)23(28)24-17(3)8-11-20-7-6-14-31-20/h9-10,12-13,17-18,20H,4-8,11,14-16H2,1-3H3,(H,24,28)/t17-,18+,20-/m0/s1. The largest absolute Gasteiger partial charge is 0.378 e. The van der Waals surface area contributed by atoms with Crippen molar-refractivity contribution in [2.45, 2.75) is 69.9 Å². The van der Waals surface area contributed by atoms with Gasteiger partial charge in [-0.05, 0) is 56.9 Å². The van der Waals surface area contributed by atoms with Gasteiger partial charge in [0, 0.05) is 44.4 Å². The van der Waals surface area contributed by atoms with Crippen molar-refractivity contribution in [2.24, 2.45) is 5.92 Å². The molecule has 2 heterocycles. The fourth-order valence-electron chi connectivity index (χ4n) is 4.38. The molecule has 0 saturated carbocycles. The molecule has 2 saturated heterocycles. The second-order valence-corrected chi connectivity index (χ2v) is 10.5. The molecule has 1 aromatic carbocycles. The number of benzene rings is 1. The van der Waals surface area contributed by atoms with Crippen LogP contribution in [0.4, 0.5) is 5.69 Å². The normalized spacial score (nSPS) is 22.5. The number of anilines is 1. The van der Waals surface area contributed by atoms with Crippen molar-refractivity contribution in [1.29, 1.82) is 0 Å². The Morgan fingerprint density at radius 1 is 1.25 bits per heavy atom. The Morgan fingerprint density at radius 2 is 1.94 bits per heavy atom. The van der Waals surface area contributed by atoms with Crippen LogP contribution in [0.1, 0.15) is 52.9 Å². The minimum Gasteiger partial charge on any atom is -0.378 e. The molecule has 0 aromatic heterocycles. The summed E-state index contributed by atoms with van der Waals surface area (Å²) in [5, 5.41) is 3.03. The van der Waals surface area contributed by atoms with Crippen LogP contribution >= 0.6 is 0 Å². The van der Waals surface area contributed by atoms with Gasteiger partial charge in [0.1, 0.15) is 0 Å². The van der Waals surface area contributed by atoms with Gasteiger partial charge < -0.3 is 15.0 Å². The number of hydrogen-bond acceptors (Lipinski definition) is 5. The molecular weight excluding hydrogens is 430 g/mol. The monoisotopic (exact) mass is 465 g/mol. The van der Waals surface area contributed by atoms with Crippen molar-refractivity contribution in [1.82, 2.24) is 9.62 Å². The topological polar surface area (TPSA) is 96.0 Å². The van der Waals surface area contributed by atoms with E-state index in [0.717, 1.165) is 32.3 Å². The van der Waals surface area contributed by atoms with Gasteiger partial charge in [-0.15, -0.1) is 0 Å². The number of ether oxygens (including phenoxy) is 1. The molecule has 32 heavy (non-hydrogen) atoms. The van der Waals surface area contributed by atoms with Crippen LogP contribution in [-0.2, 0) is 24.3 Å². The molecule has 1 N–H and O–H groups in total. The highest BCUT2D eigenvalue weighted by atomic mass is 32.2. The van der Waals surface area contributed by atoms with E-state index in [-0.39, 0.29) is 29.2 Å². The summed E-state index contributed by atoms with van der Waals surface area (Å²) in [6.07, 6.45) is 4.43. The van der Waals surface area contributed by atoms with Crippen LogP contribution in [0.5, 0.6) is 0 Å². The molecule has 0 spiro atoms. The predicted molar refractivity (Wildman–Crippen MR) is 123 cm³/mol. The maximum absolute atomic E-state index is 12.7. The van der Waals surface area contributed by atoms with E-state index in [4.69, 9.17) is 4.74 Å². The second-order valence-electron chi connectivity index (χ2n) is 8.61. The summed E-state index contributed by atoms with van der Waals surface area (Å²) in [5.41, 5.74) is 0.607. The number of hydrogen-bond donors (Lipinski definition) is 1. The molecule has 8 nitrogen and oxygen atoms in total. The minimum absolute atomic E-state index is 0.0282. The first-order valence-electron chi connectivity index (χ1n) is 11.6. The quantitative estimate of drug-likeness (QED) is 0.573. The van der Waals surface area contributed by atoms with E-state index in [1.165, 1.54) is 16.4 Å². The van der Waals surface area contributed by atoms with E-state index in [1.807, 2.05) is 6.92 Å². The van der Waals surface area contributed by atoms with Gasteiger partial charge in [-0.2, -0.15) is 4.31 Å². The highest BCUT2D eigenvalue weighted by Crippen LogP contribution is 2.27. The van der Waals surface area contributed by atoms with Crippen molar-refractivity contribution in [3.63, 3.8) is 0 Å². The van der Waals surface area contributed by atoms with E-state index in [1.54, 1.807) is 30.9 Å². The van der Waals surface area contributed by atoms with Crippen molar-refractivity contribution in [3.05, 3.63) is 24.3 Å². The third kappa shape index (κ3) is 5.68. The number of amides is 2. The van der Waals surface area contributed by atoms with Gasteiger partial charge in [0.25, 0.3) is 0 Å². The highest BCUT2D eigenvalue weighted by Gasteiger charge is 2.35. The van der Waals surface area contributed by atoms with Gasteiger partial charge in [0.15, 0.2) is 0 Å². The average Bonchev–Trinajstić information content (AvgIpc) is 3.43. The van der Waals surface area contributed by atoms with Crippen LogP contribution in [-0.4, -0.2) is 62.9 Å². The van der Waals surface area contributed by atoms with E-state index in [2.05, 4.69) is 5.32 Å². The van der Waals surface area contributed by atoms with Crippen LogP contribution in [0.2, 0.25) is 0 Å². The maximum atomic E-state index is 12.7. The Morgan fingerprint density at radius 3 is 2.53 bits per heavy atom. The molecule has 0 aliphatic carbocycles. The molecule has 1 aromatic rings. The SMILES string of the molecule is CCN(CC)S(=O)(=O)c1ccc(N2C[C@H](C(=O)N[C@@H](C)CC[C@@H]3CCCO3)CC2=O)cc1. The Bertz CT molecular complexity index is 893. The van der Waals surface area contributed by atoms with Crippen LogP contribution in [0.15, 0.2) is 29.2 Å². The van der Waals surface area contributed by atoms with E-state index in [9.17, 15) is 18.0 Å². The number of nitrogens with zero attached hydrogens (tertiary/aromatic N) is 2. The Balaban J connectivity index is 1.57. The van der Waals surface area contributed by atoms with Crippen molar-refractivity contribution in [2.75, 3.05) is 31.1 Å². The summed E-state index contributed by atoms with van der Waals surface area (Å²) in [4.78, 5) is 27.0. The fourth-order valence-corrected chi connectivity index (χ4v) is 5.84. The van der Waals surface area contributed by atoms with Crippen LogP contribution in [0.25, 0.3) is 0 Å². The van der Waals surface area contributed by atoms with Gasteiger partial charge in [0.05, 0.1) is 16.9 Å². The molecule has 0 radical (unpaired) electrons. The third-order valence-corrected chi connectivity index (χ3v) is 8.39. The van der Waals surface area contributed by atoms with E-state index >= 15 is 0 Å². The molecule has 0 unspecified atom stereocenters. The van der Waals surface area contributed by atoms with E-state index in [0.29, 0.717) is 31.4 Å². The lowest BCUT2D eigenvalue weighted by molar-refractivity contribution is -0.126. The summed E-state index contributed by atoms with van der Waals surface area (Å²) in [5.74, 6) is -0.648. The minimum atomic E-state index is -3.55. The molecule has 3 rings (SSSR count). The first kappa shape index (κ1) is 24.7. The number of rotatable bonds is 10. The Kier molecular flexibility index (Phi) is 8.30. The Hall–Kier alpha value is -1.97. The molecular formula is C23H35N3O5S. The zero-order valence-corrected chi connectivity index (χ0v) is 20.1. The first-order chi connectivity index (χ1) is 15.3. The summed E-state index contributed by atoms with van der Waals surface area (Å²) < 4.78 is 32.3. The van der Waals surface area contributed by atoms with Crippen molar-refractivity contribution < 1.29 is 22.7 Å². The molecule has 2 aliphatic rings. The smallest absolute Gasteiger partial charge is 0.243 e. The molecule has 3 atom stereocenters. The van der Waals surface area contributed by atoms with Gasteiger partial charge in [-0.1, -0.05) is 13.8 Å². The van der Waals surface area contributed by atoms with E-state index < -0.39 is 15.9 Å². The van der Waals surface area contributed by atoms with Crippen molar-refractivity contribution in [3.8, 4) is 0 Å². The second kappa shape index (κ2) is 10.8. The zero-order chi connectivity index (χ0) is 23.3. The predicted octanol–water partition coefficient (Wildman–Crippen LogP) is 2.53. The lowest BCUT2D eigenvalue weighted by atomic mass is 10.0. The number of carbonyl (C=O) groups is 2. The van der Waals surface area contributed by atoms with Crippen LogP contribution in [0, 0.1) is 5.92 Å². The molecule has 9 heteroatoms. The van der Waals surface area contributed by atoms with Gasteiger partial charge in [-0.25, -0.2) is 8.42 Å².